The van der Waals surface area contributed by atoms with E-state index < -0.39 is 9.84 Å². The van der Waals surface area contributed by atoms with Gasteiger partial charge in [0.1, 0.15) is 0 Å². The molecule has 0 radical (unpaired) electrons. The fraction of sp³-hybridized carbons (Fsp3) is 0.391. The summed E-state index contributed by atoms with van der Waals surface area (Å²) >= 11 is 3.11. The van der Waals surface area contributed by atoms with Crippen LogP contribution in [0.1, 0.15) is 18.4 Å². The molecule has 0 aliphatic rings. The Morgan fingerprint density at radius 1 is 1.09 bits per heavy atom. The number of benzene rings is 2. The van der Waals surface area contributed by atoms with Crippen molar-refractivity contribution in [3.63, 3.8) is 0 Å². The van der Waals surface area contributed by atoms with Crippen LogP contribution in [-0.4, -0.2) is 63.4 Å². The van der Waals surface area contributed by atoms with E-state index in [1.165, 1.54) is 28.1 Å². The quantitative estimate of drug-likeness (QED) is 0.308. The first-order valence-corrected chi connectivity index (χ1v) is 14.1. The second kappa shape index (κ2) is 10.8. The number of sulfone groups is 1. The van der Waals surface area contributed by atoms with E-state index in [1.807, 2.05) is 19.0 Å². The Hall–Kier alpha value is -1.94. The SMILES string of the molecule is Cc1ccc(SCCCC(=O)N(CCN(C)C)c2nc3ccc(S(C)(=O)=O)cc3s2)cc1. The second-order valence-corrected chi connectivity index (χ2v) is 12.2. The number of nitrogens with zero attached hydrogens (tertiary/aromatic N) is 3. The third-order valence-corrected chi connectivity index (χ3v) is 8.15. The minimum absolute atomic E-state index is 0.0405. The molecular formula is C23H29N3O3S3. The highest BCUT2D eigenvalue weighted by atomic mass is 32.2. The predicted octanol–water partition coefficient (Wildman–Crippen LogP) is 4.48. The normalized spacial score (nSPS) is 11.9. The van der Waals surface area contributed by atoms with E-state index in [9.17, 15) is 13.2 Å². The molecule has 0 atom stereocenters. The number of carbonyl (C=O) groups excluding carboxylic acids is 1. The zero-order valence-electron chi connectivity index (χ0n) is 18.9. The summed E-state index contributed by atoms with van der Waals surface area (Å²) in [5.74, 6) is 0.909. The van der Waals surface area contributed by atoms with Crippen LogP contribution in [-0.2, 0) is 14.6 Å². The van der Waals surface area contributed by atoms with Crippen LogP contribution in [0.25, 0.3) is 10.2 Å². The fourth-order valence-corrected chi connectivity index (χ4v) is 5.67. The zero-order valence-corrected chi connectivity index (χ0v) is 21.3. The largest absolute Gasteiger partial charge is 0.308 e. The number of rotatable bonds is 10. The molecule has 3 rings (SSSR count). The van der Waals surface area contributed by atoms with Gasteiger partial charge in [0.2, 0.25) is 5.91 Å². The van der Waals surface area contributed by atoms with Gasteiger partial charge >= 0.3 is 0 Å². The summed E-state index contributed by atoms with van der Waals surface area (Å²) in [5.41, 5.74) is 1.94. The number of hydrogen-bond donors (Lipinski definition) is 0. The number of anilines is 1. The van der Waals surface area contributed by atoms with Crippen molar-refractivity contribution >= 4 is 54.2 Å². The van der Waals surface area contributed by atoms with Crippen molar-refractivity contribution < 1.29 is 13.2 Å². The van der Waals surface area contributed by atoms with Gasteiger partial charge in [-0.15, -0.1) is 11.8 Å². The summed E-state index contributed by atoms with van der Waals surface area (Å²) in [6.07, 6.45) is 2.41. The van der Waals surface area contributed by atoms with Crippen LogP contribution in [0.2, 0.25) is 0 Å². The molecule has 2 aromatic carbocycles. The van der Waals surface area contributed by atoms with E-state index in [0.717, 1.165) is 16.9 Å². The Bertz CT molecular complexity index is 1170. The molecule has 1 amide bonds. The van der Waals surface area contributed by atoms with Crippen molar-refractivity contribution in [1.82, 2.24) is 9.88 Å². The van der Waals surface area contributed by atoms with Crippen LogP contribution in [0, 0.1) is 6.92 Å². The van der Waals surface area contributed by atoms with Crippen molar-refractivity contribution in [3.05, 3.63) is 48.0 Å². The topological polar surface area (TPSA) is 70.6 Å². The van der Waals surface area contributed by atoms with Crippen molar-refractivity contribution in [1.29, 1.82) is 0 Å². The van der Waals surface area contributed by atoms with Gasteiger partial charge < -0.3 is 4.90 Å². The number of carbonyl (C=O) groups is 1. The van der Waals surface area contributed by atoms with E-state index in [4.69, 9.17) is 0 Å². The van der Waals surface area contributed by atoms with E-state index in [-0.39, 0.29) is 10.8 Å². The van der Waals surface area contributed by atoms with Crippen LogP contribution >= 0.6 is 23.1 Å². The first-order chi connectivity index (χ1) is 15.1. The highest BCUT2D eigenvalue weighted by molar-refractivity contribution is 7.99. The average molecular weight is 492 g/mol. The van der Waals surface area contributed by atoms with Gasteiger partial charge in [0.25, 0.3) is 0 Å². The molecule has 9 heteroatoms. The fourth-order valence-electron chi connectivity index (χ4n) is 3.05. The number of fused-ring (bicyclic) bond motifs is 1. The Balaban J connectivity index is 1.70. The number of aromatic nitrogens is 1. The maximum absolute atomic E-state index is 13.1. The van der Waals surface area contributed by atoms with E-state index >= 15 is 0 Å². The molecule has 0 unspecified atom stereocenters. The maximum atomic E-state index is 13.1. The molecule has 32 heavy (non-hydrogen) atoms. The number of amides is 1. The smallest absolute Gasteiger partial charge is 0.228 e. The second-order valence-electron chi connectivity index (χ2n) is 8.01. The molecule has 1 aromatic heterocycles. The van der Waals surface area contributed by atoms with Crippen LogP contribution < -0.4 is 4.90 Å². The molecule has 0 spiro atoms. The summed E-state index contributed by atoms with van der Waals surface area (Å²) in [6, 6.07) is 13.3. The van der Waals surface area contributed by atoms with Gasteiger partial charge in [-0.2, -0.15) is 0 Å². The summed E-state index contributed by atoms with van der Waals surface area (Å²) < 4.78 is 24.5. The third-order valence-electron chi connectivity index (χ3n) is 4.90. The molecule has 1 heterocycles. The molecule has 0 bridgehead atoms. The molecule has 0 aliphatic carbocycles. The van der Waals surface area contributed by atoms with E-state index in [2.05, 4.69) is 36.2 Å². The van der Waals surface area contributed by atoms with Crippen LogP contribution in [0.3, 0.4) is 0 Å². The van der Waals surface area contributed by atoms with Crippen molar-refractivity contribution in [3.8, 4) is 0 Å². The van der Waals surface area contributed by atoms with Gasteiger partial charge in [-0.3, -0.25) is 9.69 Å². The molecule has 0 aliphatic heterocycles. The molecule has 0 saturated carbocycles. The lowest BCUT2D eigenvalue weighted by Gasteiger charge is -2.22. The van der Waals surface area contributed by atoms with Gasteiger partial charge in [0, 0.05) is 30.7 Å². The lowest BCUT2D eigenvalue weighted by Crippen LogP contribution is -2.36. The van der Waals surface area contributed by atoms with Crippen molar-refractivity contribution in [2.24, 2.45) is 0 Å². The maximum Gasteiger partial charge on any atom is 0.228 e. The molecule has 6 nitrogen and oxygen atoms in total. The standard InChI is InChI=1S/C23H29N3O3S3/c1-17-7-9-18(10-8-17)30-15-5-6-22(27)26(14-13-25(2)3)23-24-20-12-11-19(32(4,28)29)16-21(20)31-23/h7-12,16H,5-6,13-15H2,1-4H3. The van der Waals surface area contributed by atoms with E-state index in [1.54, 1.807) is 34.9 Å². The Morgan fingerprint density at radius 3 is 2.47 bits per heavy atom. The number of thiazole rings is 1. The van der Waals surface area contributed by atoms with Gasteiger partial charge in [0.05, 0.1) is 15.1 Å². The van der Waals surface area contributed by atoms with Gasteiger partial charge in [-0.25, -0.2) is 13.4 Å². The lowest BCUT2D eigenvalue weighted by molar-refractivity contribution is -0.118. The predicted molar refractivity (Wildman–Crippen MR) is 135 cm³/mol. The molecule has 0 fully saturated rings. The first kappa shape index (κ1) is 24.7. The summed E-state index contributed by atoms with van der Waals surface area (Å²) in [5, 5.41) is 0.615. The summed E-state index contributed by atoms with van der Waals surface area (Å²) in [4.78, 5) is 22.9. The number of thioether (sulfide) groups is 1. The lowest BCUT2D eigenvalue weighted by atomic mass is 10.2. The summed E-state index contributed by atoms with van der Waals surface area (Å²) in [7, 11) is 0.646. The Kier molecular flexibility index (Phi) is 8.32. The summed E-state index contributed by atoms with van der Waals surface area (Å²) in [6.45, 7) is 3.32. The van der Waals surface area contributed by atoms with E-state index in [0.29, 0.717) is 30.2 Å². The van der Waals surface area contributed by atoms with Crippen LogP contribution in [0.4, 0.5) is 5.13 Å². The Morgan fingerprint density at radius 2 is 1.81 bits per heavy atom. The molecule has 172 valence electrons. The van der Waals surface area contributed by atoms with Crippen molar-refractivity contribution in [2.75, 3.05) is 44.1 Å². The highest BCUT2D eigenvalue weighted by Crippen LogP contribution is 2.31. The van der Waals surface area contributed by atoms with Gasteiger partial charge in [-0.1, -0.05) is 29.0 Å². The molecule has 0 saturated heterocycles. The number of likely N-dealkylation sites (N-methyl/N-ethyl adjacent to an activating group) is 1. The minimum atomic E-state index is -3.29. The minimum Gasteiger partial charge on any atom is -0.308 e. The molecule has 3 aromatic rings. The number of hydrogen-bond acceptors (Lipinski definition) is 7. The monoisotopic (exact) mass is 491 g/mol. The Labute approximate surface area is 198 Å². The highest BCUT2D eigenvalue weighted by Gasteiger charge is 2.20. The third kappa shape index (κ3) is 6.78. The van der Waals surface area contributed by atoms with Crippen molar-refractivity contribution in [2.45, 2.75) is 29.6 Å². The van der Waals surface area contributed by atoms with Gasteiger partial charge in [0.15, 0.2) is 15.0 Å². The first-order valence-electron chi connectivity index (χ1n) is 10.4. The zero-order chi connectivity index (χ0) is 23.3. The molecular weight excluding hydrogens is 462 g/mol. The molecule has 0 N–H and O–H groups in total. The van der Waals surface area contributed by atoms with Crippen LogP contribution in [0.15, 0.2) is 52.3 Å². The number of aryl methyl sites for hydroxylation is 1. The van der Waals surface area contributed by atoms with Gasteiger partial charge in [-0.05, 0) is 63.5 Å². The average Bonchev–Trinajstić information content (AvgIpc) is 3.14. The van der Waals surface area contributed by atoms with Crippen LogP contribution in [0.5, 0.6) is 0 Å².